The fraction of sp³-hybridized carbons (Fsp3) is 0.636. The Balaban J connectivity index is 2.22. The van der Waals surface area contributed by atoms with Crippen LogP contribution in [0, 0.1) is 5.92 Å². The summed E-state index contributed by atoms with van der Waals surface area (Å²) >= 11 is 0. The van der Waals surface area contributed by atoms with Gasteiger partial charge in [-0.25, -0.2) is 0 Å². The molecule has 0 fully saturated rings. The van der Waals surface area contributed by atoms with Crippen LogP contribution in [0.1, 0.15) is 19.8 Å². The molecule has 1 aliphatic rings. The molecule has 0 bridgehead atoms. The zero-order chi connectivity index (χ0) is 12.7. The molecule has 1 rings (SSSR count). The number of nitrogens with one attached hydrogen (secondary N) is 1. The van der Waals surface area contributed by atoms with Crippen LogP contribution in [-0.2, 0) is 19.1 Å². The van der Waals surface area contributed by atoms with E-state index in [2.05, 4.69) is 5.32 Å². The van der Waals surface area contributed by atoms with Crippen molar-refractivity contribution >= 4 is 11.9 Å². The molecule has 1 aliphatic heterocycles. The highest BCUT2D eigenvalue weighted by Gasteiger charge is 2.15. The van der Waals surface area contributed by atoms with Crippen LogP contribution in [0.4, 0.5) is 0 Å². The van der Waals surface area contributed by atoms with Crippen LogP contribution < -0.4 is 5.32 Å². The molecule has 1 unspecified atom stereocenters. The molecule has 6 heteroatoms. The van der Waals surface area contributed by atoms with Gasteiger partial charge in [0.05, 0.1) is 0 Å². The van der Waals surface area contributed by atoms with E-state index in [0.717, 1.165) is 0 Å². The van der Waals surface area contributed by atoms with Gasteiger partial charge in [-0.1, -0.05) is 6.92 Å². The van der Waals surface area contributed by atoms with Gasteiger partial charge >= 0.3 is 5.97 Å². The van der Waals surface area contributed by atoms with Gasteiger partial charge in [0.2, 0.25) is 5.76 Å². The molecule has 96 valence electrons. The largest absolute Gasteiger partial charge is 0.494 e. The van der Waals surface area contributed by atoms with E-state index in [4.69, 9.17) is 14.6 Å². The summed E-state index contributed by atoms with van der Waals surface area (Å²) in [6.07, 6.45) is 1.94. The molecule has 6 nitrogen and oxygen atoms in total. The van der Waals surface area contributed by atoms with Crippen molar-refractivity contribution in [2.45, 2.75) is 19.8 Å². The van der Waals surface area contributed by atoms with Gasteiger partial charge in [-0.15, -0.1) is 0 Å². The van der Waals surface area contributed by atoms with Crippen molar-refractivity contribution in [3.05, 3.63) is 12.0 Å². The van der Waals surface area contributed by atoms with Gasteiger partial charge < -0.3 is 19.9 Å². The van der Waals surface area contributed by atoms with E-state index in [1.54, 1.807) is 0 Å². The molecule has 1 amide bonds. The second-order valence-electron chi connectivity index (χ2n) is 3.95. The average Bonchev–Trinajstić information content (AvgIpc) is 2.34. The molecule has 0 aromatic heterocycles. The molecule has 1 atom stereocenters. The highest BCUT2D eigenvalue weighted by atomic mass is 16.6. The summed E-state index contributed by atoms with van der Waals surface area (Å²) in [7, 11) is 0. The van der Waals surface area contributed by atoms with Gasteiger partial charge in [0.15, 0.2) is 0 Å². The monoisotopic (exact) mass is 243 g/mol. The summed E-state index contributed by atoms with van der Waals surface area (Å²) in [5.74, 6) is -0.872. The molecule has 0 aromatic rings. The van der Waals surface area contributed by atoms with Gasteiger partial charge in [-0.3, -0.25) is 9.59 Å². The minimum absolute atomic E-state index is 0.110. The maximum atomic E-state index is 11.5. The maximum absolute atomic E-state index is 11.5. The van der Waals surface area contributed by atoms with Gasteiger partial charge in [-0.2, -0.15) is 0 Å². The van der Waals surface area contributed by atoms with Gasteiger partial charge in [0.25, 0.3) is 5.91 Å². The summed E-state index contributed by atoms with van der Waals surface area (Å²) < 4.78 is 10.1. The molecule has 0 spiro atoms. The number of ether oxygens (including phenoxy) is 2. The van der Waals surface area contributed by atoms with Crippen LogP contribution in [0.3, 0.4) is 0 Å². The Hall–Kier alpha value is -1.72. The van der Waals surface area contributed by atoms with Crippen molar-refractivity contribution < 1.29 is 24.2 Å². The summed E-state index contributed by atoms with van der Waals surface area (Å²) in [4.78, 5) is 21.9. The lowest BCUT2D eigenvalue weighted by atomic mass is 10.1. The summed E-state index contributed by atoms with van der Waals surface area (Å²) in [6.45, 7) is 3.13. The second-order valence-corrected chi connectivity index (χ2v) is 3.95. The Morgan fingerprint density at radius 3 is 2.88 bits per heavy atom. The Kier molecular flexibility index (Phi) is 5.32. The lowest BCUT2D eigenvalue weighted by Crippen LogP contribution is -2.32. The first-order valence-corrected chi connectivity index (χ1v) is 5.54. The van der Waals surface area contributed by atoms with Crippen LogP contribution in [0.2, 0.25) is 0 Å². The van der Waals surface area contributed by atoms with Crippen LogP contribution in [0.25, 0.3) is 0 Å². The number of hydrogen-bond acceptors (Lipinski definition) is 4. The maximum Gasteiger partial charge on any atom is 0.303 e. The number of carboxylic acid groups (broad SMARTS) is 1. The number of carbonyl (C=O) groups is 2. The third-order valence-electron chi connectivity index (χ3n) is 2.33. The normalized spacial score (nSPS) is 16.2. The lowest BCUT2D eigenvalue weighted by molar-refractivity contribution is -0.137. The van der Waals surface area contributed by atoms with E-state index >= 15 is 0 Å². The minimum atomic E-state index is -0.824. The summed E-state index contributed by atoms with van der Waals surface area (Å²) in [5.41, 5.74) is 0. The Labute approximate surface area is 99.6 Å². The number of amides is 1. The number of carboxylic acids is 1. The van der Waals surface area contributed by atoms with Crippen LogP contribution in [0.5, 0.6) is 0 Å². The topological polar surface area (TPSA) is 84.9 Å². The zero-order valence-electron chi connectivity index (χ0n) is 9.77. The van der Waals surface area contributed by atoms with E-state index < -0.39 is 5.97 Å². The third kappa shape index (κ3) is 5.24. The first-order chi connectivity index (χ1) is 8.09. The molecule has 17 heavy (non-hydrogen) atoms. The van der Waals surface area contributed by atoms with Crippen LogP contribution in [-0.4, -0.2) is 36.7 Å². The predicted molar refractivity (Wildman–Crippen MR) is 59.0 cm³/mol. The molecule has 0 radical (unpaired) electrons. The quantitative estimate of drug-likeness (QED) is 0.709. The molecular weight excluding hydrogens is 226 g/mol. The molecule has 0 aromatic carbocycles. The highest BCUT2D eigenvalue weighted by molar-refractivity contribution is 5.91. The molecule has 1 heterocycles. The molecule has 0 saturated heterocycles. The number of aliphatic carboxylic acids is 1. The van der Waals surface area contributed by atoms with E-state index in [9.17, 15) is 9.59 Å². The Morgan fingerprint density at radius 2 is 2.29 bits per heavy atom. The number of carbonyl (C=O) groups excluding carboxylic acids is 1. The number of hydrogen-bond donors (Lipinski definition) is 2. The molecular formula is C11H17NO5. The minimum Gasteiger partial charge on any atom is -0.494 e. The van der Waals surface area contributed by atoms with Crippen molar-refractivity contribution in [3.63, 3.8) is 0 Å². The van der Waals surface area contributed by atoms with E-state index in [-0.39, 0.29) is 24.0 Å². The Bertz CT molecular complexity index is 313. The van der Waals surface area contributed by atoms with E-state index in [0.29, 0.717) is 26.2 Å². The zero-order valence-corrected chi connectivity index (χ0v) is 9.77. The first kappa shape index (κ1) is 13.3. The summed E-state index contributed by atoms with van der Waals surface area (Å²) in [6, 6.07) is 0. The fourth-order valence-electron chi connectivity index (χ4n) is 1.31. The first-order valence-electron chi connectivity index (χ1n) is 5.54. The predicted octanol–water partition coefficient (Wildman–Crippen LogP) is 0.492. The molecule has 2 N–H and O–H groups in total. The highest BCUT2D eigenvalue weighted by Crippen LogP contribution is 2.06. The fourth-order valence-corrected chi connectivity index (χ4v) is 1.31. The van der Waals surface area contributed by atoms with Crippen LogP contribution >= 0.6 is 0 Å². The second kappa shape index (κ2) is 6.78. The van der Waals surface area contributed by atoms with Crippen molar-refractivity contribution in [1.29, 1.82) is 0 Å². The summed E-state index contributed by atoms with van der Waals surface area (Å²) in [5, 5.41) is 11.2. The van der Waals surface area contributed by atoms with Gasteiger partial charge in [-0.05, 0) is 12.3 Å². The standard InChI is InChI=1S/C11H17NO5/c1-8(2-3-10(13)14)6-12-11(15)9-7-16-4-5-17-9/h7-8H,2-6H2,1H3,(H,12,15)(H,13,14). The van der Waals surface area contributed by atoms with E-state index in [1.165, 1.54) is 6.26 Å². The van der Waals surface area contributed by atoms with Crippen molar-refractivity contribution in [2.75, 3.05) is 19.8 Å². The molecule has 0 saturated carbocycles. The lowest BCUT2D eigenvalue weighted by Gasteiger charge is -2.16. The SMILES string of the molecule is CC(CCC(=O)O)CNC(=O)C1=COCCO1. The van der Waals surface area contributed by atoms with Gasteiger partial charge in [0, 0.05) is 13.0 Å². The molecule has 0 aliphatic carbocycles. The smallest absolute Gasteiger partial charge is 0.303 e. The van der Waals surface area contributed by atoms with Gasteiger partial charge in [0.1, 0.15) is 19.5 Å². The van der Waals surface area contributed by atoms with Crippen molar-refractivity contribution in [1.82, 2.24) is 5.32 Å². The van der Waals surface area contributed by atoms with Crippen LogP contribution in [0.15, 0.2) is 12.0 Å². The van der Waals surface area contributed by atoms with E-state index in [1.807, 2.05) is 6.92 Å². The Morgan fingerprint density at radius 1 is 1.53 bits per heavy atom. The number of rotatable bonds is 6. The van der Waals surface area contributed by atoms with Crippen molar-refractivity contribution in [3.8, 4) is 0 Å². The third-order valence-corrected chi connectivity index (χ3v) is 2.33. The van der Waals surface area contributed by atoms with Crippen molar-refractivity contribution in [2.24, 2.45) is 5.92 Å². The average molecular weight is 243 g/mol.